The molecule has 2 atom stereocenters. The molecule has 23 heavy (non-hydrogen) atoms. The van der Waals surface area contributed by atoms with E-state index in [2.05, 4.69) is 10.3 Å². The van der Waals surface area contributed by atoms with Crippen LogP contribution < -0.4 is 5.32 Å². The molecule has 0 amide bonds. The van der Waals surface area contributed by atoms with E-state index in [-0.39, 0.29) is 10.8 Å². The molecule has 2 heterocycles. The molecule has 1 aromatic rings. The van der Waals surface area contributed by atoms with Gasteiger partial charge >= 0.3 is 5.97 Å². The quantitative estimate of drug-likeness (QED) is 0.784. The topological polar surface area (TPSA) is 99.6 Å². The van der Waals surface area contributed by atoms with Crippen molar-refractivity contribution in [3.63, 3.8) is 0 Å². The number of carboxylic acid groups (broad SMARTS) is 1. The Balaban J connectivity index is 2.14. The second-order valence-electron chi connectivity index (χ2n) is 5.84. The molecule has 1 aliphatic heterocycles. The largest absolute Gasteiger partial charge is 0.480 e. The lowest BCUT2D eigenvalue weighted by atomic mass is 9.99. The summed E-state index contributed by atoms with van der Waals surface area (Å²) in [7, 11) is -3.49. The number of aromatic nitrogens is 1. The zero-order chi connectivity index (χ0) is 17.0. The highest BCUT2D eigenvalue weighted by Gasteiger charge is 2.28. The van der Waals surface area contributed by atoms with Gasteiger partial charge in [0.1, 0.15) is 16.8 Å². The Morgan fingerprint density at radius 1 is 1.39 bits per heavy atom. The fourth-order valence-electron chi connectivity index (χ4n) is 2.54. The van der Waals surface area contributed by atoms with Crippen molar-refractivity contribution < 1.29 is 18.3 Å². The highest BCUT2D eigenvalue weighted by Crippen LogP contribution is 2.21. The first kappa shape index (κ1) is 17.7. The van der Waals surface area contributed by atoms with E-state index in [1.807, 2.05) is 13.8 Å². The number of hydrogen-bond acceptors (Lipinski definition) is 5. The molecule has 1 aliphatic rings. The molecule has 0 bridgehead atoms. The number of carboxylic acids is 1. The second-order valence-corrected chi connectivity index (χ2v) is 7.77. The van der Waals surface area contributed by atoms with Crippen LogP contribution in [0.3, 0.4) is 0 Å². The van der Waals surface area contributed by atoms with Gasteiger partial charge in [0.05, 0.1) is 0 Å². The highest BCUT2D eigenvalue weighted by molar-refractivity contribution is 7.89. The summed E-state index contributed by atoms with van der Waals surface area (Å²) in [5.74, 6) is -0.657. The summed E-state index contributed by atoms with van der Waals surface area (Å²) in [4.78, 5) is 15.5. The zero-order valence-electron chi connectivity index (χ0n) is 13.4. The van der Waals surface area contributed by atoms with Gasteiger partial charge < -0.3 is 10.4 Å². The van der Waals surface area contributed by atoms with Gasteiger partial charge in [0.2, 0.25) is 10.0 Å². The highest BCUT2D eigenvalue weighted by atomic mass is 32.2. The molecule has 128 valence electrons. The fourth-order valence-corrected chi connectivity index (χ4v) is 4.00. The molecule has 0 aliphatic carbocycles. The molecule has 1 saturated heterocycles. The normalized spacial score (nSPS) is 18.5. The lowest BCUT2D eigenvalue weighted by Gasteiger charge is -2.21. The van der Waals surface area contributed by atoms with Crippen LogP contribution in [0.5, 0.6) is 0 Å². The van der Waals surface area contributed by atoms with E-state index < -0.39 is 22.0 Å². The van der Waals surface area contributed by atoms with Gasteiger partial charge in [-0.15, -0.1) is 0 Å². The molecule has 1 fully saturated rings. The Kier molecular flexibility index (Phi) is 5.59. The van der Waals surface area contributed by atoms with Gasteiger partial charge in [-0.2, -0.15) is 4.31 Å². The van der Waals surface area contributed by atoms with Crippen LogP contribution in [0.2, 0.25) is 0 Å². The van der Waals surface area contributed by atoms with Gasteiger partial charge in [0.15, 0.2) is 0 Å². The van der Waals surface area contributed by atoms with Crippen molar-refractivity contribution in [1.82, 2.24) is 9.29 Å². The molecule has 0 radical (unpaired) electrons. The van der Waals surface area contributed by atoms with Gasteiger partial charge in [-0.25, -0.2) is 18.2 Å². The van der Waals surface area contributed by atoms with Crippen LogP contribution in [0.4, 0.5) is 5.82 Å². The molecule has 7 nitrogen and oxygen atoms in total. The van der Waals surface area contributed by atoms with Gasteiger partial charge in [-0.05, 0) is 30.9 Å². The van der Waals surface area contributed by atoms with Gasteiger partial charge in [0, 0.05) is 19.3 Å². The first-order valence-electron chi connectivity index (χ1n) is 7.81. The van der Waals surface area contributed by atoms with Crippen molar-refractivity contribution in [3.05, 3.63) is 18.3 Å². The van der Waals surface area contributed by atoms with Crippen LogP contribution in [-0.2, 0) is 14.8 Å². The van der Waals surface area contributed by atoms with E-state index in [1.165, 1.54) is 22.6 Å². The van der Waals surface area contributed by atoms with E-state index in [0.29, 0.717) is 25.3 Å². The maximum absolute atomic E-state index is 12.4. The van der Waals surface area contributed by atoms with Crippen molar-refractivity contribution in [2.45, 2.75) is 44.0 Å². The van der Waals surface area contributed by atoms with Crippen LogP contribution in [-0.4, -0.2) is 47.9 Å². The van der Waals surface area contributed by atoms with Crippen molar-refractivity contribution in [2.24, 2.45) is 5.92 Å². The van der Waals surface area contributed by atoms with Gasteiger partial charge in [0.25, 0.3) is 0 Å². The van der Waals surface area contributed by atoms with Crippen molar-refractivity contribution in [1.29, 1.82) is 0 Å². The number of aliphatic carboxylic acids is 1. The molecule has 8 heteroatoms. The molecule has 0 spiro atoms. The molecule has 0 unspecified atom stereocenters. The number of nitrogens with zero attached hydrogens (tertiary/aromatic N) is 2. The van der Waals surface area contributed by atoms with E-state index in [1.54, 1.807) is 0 Å². The lowest BCUT2D eigenvalue weighted by Crippen LogP contribution is -2.35. The van der Waals surface area contributed by atoms with Crippen LogP contribution in [0, 0.1) is 5.92 Å². The van der Waals surface area contributed by atoms with Crippen LogP contribution >= 0.6 is 0 Å². The summed E-state index contributed by atoms with van der Waals surface area (Å²) in [5, 5.41) is 12.1. The number of pyridine rings is 1. The number of carbonyl (C=O) groups is 1. The smallest absolute Gasteiger partial charge is 0.326 e. The average Bonchev–Trinajstić information content (AvgIpc) is 3.07. The standard InChI is InChI=1S/C15H23N3O4S/c1-3-11(2)14(15(19)20)17-13-7-6-12(10-16-13)23(21,22)18-8-4-5-9-18/h6-7,10-11,14H,3-5,8-9H2,1-2H3,(H,16,17)(H,19,20)/t11-,14-/m0/s1. The van der Waals surface area contributed by atoms with Crippen molar-refractivity contribution in [2.75, 3.05) is 18.4 Å². The Labute approximate surface area is 136 Å². The van der Waals surface area contributed by atoms with E-state index >= 15 is 0 Å². The number of nitrogens with one attached hydrogen (secondary N) is 1. The summed E-state index contributed by atoms with van der Waals surface area (Å²) in [6.07, 6.45) is 3.75. The Hall–Kier alpha value is -1.67. The third-order valence-electron chi connectivity index (χ3n) is 4.22. The average molecular weight is 341 g/mol. The van der Waals surface area contributed by atoms with Crippen molar-refractivity contribution in [3.8, 4) is 0 Å². The van der Waals surface area contributed by atoms with Crippen LogP contribution in [0.25, 0.3) is 0 Å². The predicted molar refractivity (Wildman–Crippen MR) is 86.7 cm³/mol. The maximum atomic E-state index is 12.4. The Morgan fingerprint density at radius 2 is 2.04 bits per heavy atom. The summed E-state index contributed by atoms with van der Waals surface area (Å²) < 4.78 is 26.3. The lowest BCUT2D eigenvalue weighted by molar-refractivity contribution is -0.139. The first-order chi connectivity index (χ1) is 10.9. The predicted octanol–water partition coefficient (Wildman–Crippen LogP) is 1.78. The van der Waals surface area contributed by atoms with Gasteiger partial charge in [-0.3, -0.25) is 0 Å². The third kappa shape index (κ3) is 4.00. The number of hydrogen-bond donors (Lipinski definition) is 2. The Bertz CT molecular complexity index is 639. The van der Waals surface area contributed by atoms with E-state index in [4.69, 9.17) is 0 Å². The monoisotopic (exact) mass is 341 g/mol. The second kappa shape index (κ2) is 7.27. The number of rotatable bonds is 7. The summed E-state index contributed by atoms with van der Waals surface area (Å²) in [5.41, 5.74) is 0. The fraction of sp³-hybridized carbons (Fsp3) is 0.600. The van der Waals surface area contributed by atoms with Gasteiger partial charge in [-0.1, -0.05) is 20.3 Å². The van der Waals surface area contributed by atoms with Crippen molar-refractivity contribution >= 4 is 21.8 Å². The molecule has 0 aromatic carbocycles. The maximum Gasteiger partial charge on any atom is 0.326 e. The molecule has 0 saturated carbocycles. The molecular weight excluding hydrogens is 318 g/mol. The minimum atomic E-state index is -3.49. The molecule has 2 rings (SSSR count). The van der Waals surface area contributed by atoms with E-state index in [9.17, 15) is 18.3 Å². The number of sulfonamides is 1. The molecular formula is C15H23N3O4S. The minimum absolute atomic E-state index is 0.0673. The summed E-state index contributed by atoms with van der Waals surface area (Å²) >= 11 is 0. The van der Waals surface area contributed by atoms with E-state index in [0.717, 1.165) is 12.8 Å². The summed E-state index contributed by atoms with van der Waals surface area (Å²) in [6.45, 7) is 4.84. The Morgan fingerprint density at radius 3 is 2.52 bits per heavy atom. The summed E-state index contributed by atoms with van der Waals surface area (Å²) in [6, 6.07) is 2.23. The first-order valence-corrected chi connectivity index (χ1v) is 9.25. The van der Waals surface area contributed by atoms with Crippen LogP contribution in [0.1, 0.15) is 33.1 Å². The molecule has 2 N–H and O–H groups in total. The number of anilines is 1. The molecule has 1 aromatic heterocycles. The minimum Gasteiger partial charge on any atom is -0.480 e. The third-order valence-corrected chi connectivity index (χ3v) is 6.10. The SMILES string of the molecule is CC[C@H](C)[C@H](Nc1ccc(S(=O)(=O)N2CCCC2)cn1)C(=O)O. The zero-order valence-corrected chi connectivity index (χ0v) is 14.2. The van der Waals surface area contributed by atoms with Crippen LogP contribution in [0.15, 0.2) is 23.2 Å².